The van der Waals surface area contributed by atoms with Crippen molar-refractivity contribution in [2.45, 2.75) is 26.8 Å². The predicted molar refractivity (Wildman–Crippen MR) is 50.0 cm³/mol. The van der Waals surface area contributed by atoms with E-state index in [-0.39, 0.29) is 0 Å². The van der Waals surface area contributed by atoms with E-state index in [0.29, 0.717) is 0 Å². The molecule has 0 aliphatic rings. The molecule has 0 atom stereocenters. The third-order valence-corrected chi connectivity index (χ3v) is 1.91. The van der Waals surface area contributed by atoms with Crippen molar-refractivity contribution in [1.82, 2.24) is 9.78 Å². The molecule has 10 heavy (non-hydrogen) atoms. The smallest absolute Gasteiger partial charge is 0.123 e. The summed E-state index contributed by atoms with van der Waals surface area (Å²) < 4.78 is 3.13. The average molecular weight is 250 g/mol. The van der Waals surface area contributed by atoms with Gasteiger partial charge in [0.25, 0.3) is 0 Å². The van der Waals surface area contributed by atoms with E-state index >= 15 is 0 Å². The minimum Gasteiger partial charge on any atom is -0.269 e. The summed E-state index contributed by atoms with van der Waals surface area (Å²) in [7, 11) is 0. The van der Waals surface area contributed by atoms with Crippen LogP contribution in [0.25, 0.3) is 0 Å². The summed E-state index contributed by atoms with van der Waals surface area (Å²) in [6.45, 7) is 5.29. The van der Waals surface area contributed by atoms with Crippen molar-refractivity contribution in [2.24, 2.45) is 0 Å². The first-order chi connectivity index (χ1) is 4.74. The zero-order chi connectivity index (χ0) is 7.56. The summed E-state index contributed by atoms with van der Waals surface area (Å²) in [5.74, 6) is 0. The molecule has 0 aliphatic carbocycles. The second-order valence-electron chi connectivity index (χ2n) is 2.33. The molecule has 3 heteroatoms. The van der Waals surface area contributed by atoms with Gasteiger partial charge >= 0.3 is 0 Å². The van der Waals surface area contributed by atoms with Crippen LogP contribution < -0.4 is 0 Å². The van der Waals surface area contributed by atoms with E-state index in [2.05, 4.69) is 47.6 Å². The van der Waals surface area contributed by atoms with E-state index in [0.717, 1.165) is 16.7 Å². The Labute approximate surface area is 74.8 Å². The molecule has 1 aromatic heterocycles. The zero-order valence-electron chi connectivity index (χ0n) is 6.26. The number of halogens is 1. The highest BCUT2D eigenvalue weighted by Crippen LogP contribution is 2.05. The zero-order valence-corrected chi connectivity index (χ0v) is 8.42. The summed E-state index contributed by atoms with van der Waals surface area (Å²) in [5, 5.41) is 4.30. The van der Waals surface area contributed by atoms with Gasteiger partial charge in [0.2, 0.25) is 0 Å². The van der Waals surface area contributed by atoms with Gasteiger partial charge in [-0.15, -0.1) is 0 Å². The van der Waals surface area contributed by atoms with Gasteiger partial charge in [0, 0.05) is 12.2 Å². The van der Waals surface area contributed by atoms with Gasteiger partial charge in [-0.1, -0.05) is 6.92 Å². The Morgan fingerprint density at radius 3 is 2.80 bits per heavy atom. The second kappa shape index (κ2) is 3.37. The molecule has 0 bridgehead atoms. The highest BCUT2D eigenvalue weighted by molar-refractivity contribution is 14.1. The molecule has 0 radical (unpaired) electrons. The van der Waals surface area contributed by atoms with Crippen molar-refractivity contribution in [2.75, 3.05) is 0 Å². The summed E-state index contributed by atoms with van der Waals surface area (Å²) in [6, 6.07) is 2.09. The van der Waals surface area contributed by atoms with Crippen LogP contribution in [0, 0.1) is 10.6 Å². The molecule has 56 valence electrons. The maximum absolute atomic E-state index is 4.30. The number of aryl methyl sites for hydroxylation is 2. The molecule has 0 saturated heterocycles. The fraction of sp³-hybridized carbons (Fsp3) is 0.571. The first-order valence-corrected chi connectivity index (χ1v) is 4.52. The lowest BCUT2D eigenvalue weighted by Gasteiger charge is -1.98. The lowest BCUT2D eigenvalue weighted by molar-refractivity contribution is 0.584. The number of aromatic nitrogens is 2. The minimum atomic E-state index is 1.04. The maximum atomic E-state index is 4.30. The lowest BCUT2D eigenvalue weighted by atomic mass is 10.4. The fourth-order valence-corrected chi connectivity index (χ4v) is 1.62. The predicted octanol–water partition coefficient (Wildman–Crippen LogP) is 2.21. The number of hydrogen-bond donors (Lipinski definition) is 0. The van der Waals surface area contributed by atoms with Crippen molar-refractivity contribution in [1.29, 1.82) is 0 Å². The molecule has 1 heterocycles. The second-order valence-corrected chi connectivity index (χ2v) is 3.44. The first kappa shape index (κ1) is 8.04. The quantitative estimate of drug-likeness (QED) is 0.736. The third-order valence-electron chi connectivity index (χ3n) is 1.39. The SMILES string of the molecule is CCCn1nc(I)cc1C. The van der Waals surface area contributed by atoms with Gasteiger partial charge in [-0.25, -0.2) is 0 Å². The Kier molecular flexibility index (Phi) is 2.71. The van der Waals surface area contributed by atoms with Gasteiger partial charge in [-0.2, -0.15) is 5.10 Å². The first-order valence-electron chi connectivity index (χ1n) is 3.44. The van der Waals surface area contributed by atoms with E-state index in [1.807, 2.05) is 4.68 Å². The van der Waals surface area contributed by atoms with Crippen LogP contribution in [0.2, 0.25) is 0 Å². The van der Waals surface area contributed by atoms with Gasteiger partial charge in [-0.3, -0.25) is 4.68 Å². The summed E-state index contributed by atoms with van der Waals surface area (Å²) >= 11 is 2.23. The van der Waals surface area contributed by atoms with Gasteiger partial charge in [0.05, 0.1) is 0 Å². The van der Waals surface area contributed by atoms with Crippen molar-refractivity contribution in [3.63, 3.8) is 0 Å². The van der Waals surface area contributed by atoms with Gasteiger partial charge in [-0.05, 0) is 42.0 Å². The van der Waals surface area contributed by atoms with E-state index in [9.17, 15) is 0 Å². The number of rotatable bonds is 2. The molecule has 1 aromatic rings. The number of hydrogen-bond acceptors (Lipinski definition) is 1. The van der Waals surface area contributed by atoms with Crippen LogP contribution in [-0.4, -0.2) is 9.78 Å². The number of nitrogens with zero attached hydrogens (tertiary/aromatic N) is 2. The van der Waals surface area contributed by atoms with E-state index in [4.69, 9.17) is 0 Å². The van der Waals surface area contributed by atoms with Crippen molar-refractivity contribution >= 4 is 22.6 Å². The molecule has 0 saturated carbocycles. The molecular weight excluding hydrogens is 239 g/mol. The molecule has 0 amide bonds. The van der Waals surface area contributed by atoms with Crippen LogP contribution in [0.15, 0.2) is 6.07 Å². The molecule has 0 fully saturated rings. The molecule has 0 unspecified atom stereocenters. The van der Waals surface area contributed by atoms with Gasteiger partial charge < -0.3 is 0 Å². The van der Waals surface area contributed by atoms with Crippen LogP contribution in [0.4, 0.5) is 0 Å². The van der Waals surface area contributed by atoms with E-state index in [1.54, 1.807) is 0 Å². The van der Waals surface area contributed by atoms with Crippen molar-refractivity contribution in [3.8, 4) is 0 Å². The molecular formula is C7H11IN2. The Morgan fingerprint density at radius 2 is 2.40 bits per heavy atom. The molecule has 0 aliphatic heterocycles. The average Bonchev–Trinajstić information content (AvgIpc) is 2.13. The maximum Gasteiger partial charge on any atom is 0.123 e. The summed E-state index contributed by atoms with van der Waals surface area (Å²) in [6.07, 6.45) is 1.15. The van der Waals surface area contributed by atoms with Crippen molar-refractivity contribution in [3.05, 3.63) is 15.5 Å². The highest BCUT2D eigenvalue weighted by Gasteiger charge is 1.98. The van der Waals surface area contributed by atoms with Crippen LogP contribution in [0.5, 0.6) is 0 Å². The standard InChI is InChI=1S/C7H11IN2/c1-3-4-10-6(2)5-7(8)9-10/h5H,3-4H2,1-2H3. The molecule has 0 spiro atoms. The van der Waals surface area contributed by atoms with Crippen LogP contribution in [0.3, 0.4) is 0 Å². The van der Waals surface area contributed by atoms with Gasteiger partial charge in [0.1, 0.15) is 3.70 Å². The molecule has 0 N–H and O–H groups in total. The molecule has 2 nitrogen and oxygen atoms in total. The Bertz CT molecular complexity index is 217. The van der Waals surface area contributed by atoms with E-state index in [1.165, 1.54) is 5.69 Å². The fourth-order valence-electron chi connectivity index (χ4n) is 0.908. The third kappa shape index (κ3) is 1.71. The molecule has 1 rings (SSSR count). The van der Waals surface area contributed by atoms with Crippen molar-refractivity contribution < 1.29 is 0 Å². The Balaban J connectivity index is 2.81. The monoisotopic (exact) mass is 250 g/mol. The largest absolute Gasteiger partial charge is 0.269 e. The van der Waals surface area contributed by atoms with Gasteiger partial charge in [0.15, 0.2) is 0 Å². The lowest BCUT2D eigenvalue weighted by Crippen LogP contribution is -2.00. The van der Waals surface area contributed by atoms with Crippen LogP contribution in [-0.2, 0) is 6.54 Å². The van der Waals surface area contributed by atoms with Crippen LogP contribution >= 0.6 is 22.6 Å². The highest BCUT2D eigenvalue weighted by atomic mass is 127. The molecule has 0 aromatic carbocycles. The Hall–Kier alpha value is -0.0600. The normalized spacial score (nSPS) is 10.3. The topological polar surface area (TPSA) is 17.8 Å². The van der Waals surface area contributed by atoms with Crippen LogP contribution in [0.1, 0.15) is 19.0 Å². The summed E-state index contributed by atoms with van der Waals surface area (Å²) in [5.41, 5.74) is 1.26. The minimum absolute atomic E-state index is 1.04. The van der Waals surface area contributed by atoms with E-state index < -0.39 is 0 Å². The Morgan fingerprint density at radius 1 is 1.70 bits per heavy atom. The summed E-state index contributed by atoms with van der Waals surface area (Å²) in [4.78, 5) is 0.